The molecule has 1 heterocycles. The standard InChI is InChI=1S/C25H29FN4O2/c1-5-15-29(24(32)18-11-13-19(26)14-12-18)17-23(31)27-22-16-21(25(2,3)4)28-30(22)20-9-7-6-8-10-20/h6-14,16H,5,15,17H2,1-4H3,(H,27,31). The molecular weight excluding hydrogens is 407 g/mol. The number of halogens is 1. The van der Waals surface area contributed by atoms with Crippen molar-refractivity contribution in [2.45, 2.75) is 39.5 Å². The molecule has 7 heteroatoms. The van der Waals surface area contributed by atoms with E-state index in [-0.39, 0.29) is 23.8 Å². The fraction of sp³-hybridized carbons (Fsp3) is 0.320. The lowest BCUT2D eigenvalue weighted by molar-refractivity contribution is -0.116. The van der Waals surface area contributed by atoms with Crippen molar-refractivity contribution in [2.24, 2.45) is 0 Å². The van der Waals surface area contributed by atoms with Crippen LogP contribution in [-0.4, -0.2) is 39.6 Å². The summed E-state index contributed by atoms with van der Waals surface area (Å²) in [5.41, 5.74) is 1.80. The lowest BCUT2D eigenvalue weighted by atomic mass is 9.92. The third-order valence-corrected chi connectivity index (χ3v) is 4.95. The fourth-order valence-corrected chi connectivity index (χ4v) is 3.26. The van der Waals surface area contributed by atoms with Crippen molar-refractivity contribution < 1.29 is 14.0 Å². The minimum absolute atomic E-state index is 0.116. The number of anilines is 1. The van der Waals surface area contributed by atoms with E-state index in [1.165, 1.54) is 29.2 Å². The summed E-state index contributed by atoms with van der Waals surface area (Å²) >= 11 is 0. The van der Waals surface area contributed by atoms with E-state index in [1.807, 2.05) is 43.3 Å². The Balaban J connectivity index is 1.82. The molecule has 3 aromatic rings. The van der Waals surface area contributed by atoms with E-state index in [0.717, 1.165) is 11.4 Å². The van der Waals surface area contributed by atoms with Gasteiger partial charge in [0.05, 0.1) is 11.4 Å². The number of nitrogens with zero attached hydrogens (tertiary/aromatic N) is 3. The van der Waals surface area contributed by atoms with Crippen molar-refractivity contribution in [2.75, 3.05) is 18.4 Å². The van der Waals surface area contributed by atoms with Crippen molar-refractivity contribution in [3.63, 3.8) is 0 Å². The molecule has 6 nitrogen and oxygen atoms in total. The molecule has 168 valence electrons. The largest absolute Gasteiger partial charge is 0.329 e. The molecule has 0 aliphatic rings. The van der Waals surface area contributed by atoms with Gasteiger partial charge >= 0.3 is 0 Å². The Kier molecular flexibility index (Phi) is 7.08. The first-order chi connectivity index (χ1) is 15.2. The van der Waals surface area contributed by atoms with Gasteiger partial charge < -0.3 is 10.2 Å². The SMILES string of the molecule is CCCN(CC(=O)Nc1cc(C(C)(C)C)nn1-c1ccccc1)C(=O)c1ccc(F)cc1. The van der Waals surface area contributed by atoms with Crippen LogP contribution in [0.3, 0.4) is 0 Å². The molecule has 1 N–H and O–H groups in total. The number of hydrogen-bond acceptors (Lipinski definition) is 3. The highest BCUT2D eigenvalue weighted by Crippen LogP contribution is 2.26. The van der Waals surface area contributed by atoms with E-state index in [0.29, 0.717) is 24.3 Å². The summed E-state index contributed by atoms with van der Waals surface area (Å²) in [6, 6.07) is 16.8. The lowest BCUT2D eigenvalue weighted by Crippen LogP contribution is -2.38. The first kappa shape index (κ1) is 23.2. The summed E-state index contributed by atoms with van der Waals surface area (Å²) < 4.78 is 14.9. The van der Waals surface area contributed by atoms with Gasteiger partial charge in [0.2, 0.25) is 5.91 Å². The topological polar surface area (TPSA) is 67.2 Å². The summed E-state index contributed by atoms with van der Waals surface area (Å²) in [6.45, 7) is 8.40. The molecule has 32 heavy (non-hydrogen) atoms. The number of amides is 2. The molecule has 0 fully saturated rings. The third-order valence-electron chi connectivity index (χ3n) is 4.95. The van der Waals surface area contributed by atoms with Gasteiger partial charge in [-0.3, -0.25) is 9.59 Å². The van der Waals surface area contributed by atoms with Crippen LogP contribution in [-0.2, 0) is 10.2 Å². The van der Waals surface area contributed by atoms with Gasteiger partial charge in [-0.2, -0.15) is 5.10 Å². The van der Waals surface area contributed by atoms with Gasteiger partial charge in [0.1, 0.15) is 18.2 Å². The second-order valence-corrected chi connectivity index (χ2v) is 8.69. The van der Waals surface area contributed by atoms with Crippen LogP contribution in [0.15, 0.2) is 60.7 Å². The molecule has 0 radical (unpaired) electrons. The molecule has 1 aromatic heterocycles. The van der Waals surface area contributed by atoms with Gasteiger partial charge in [0, 0.05) is 23.6 Å². The Morgan fingerprint density at radius 3 is 2.31 bits per heavy atom. The summed E-state index contributed by atoms with van der Waals surface area (Å²) in [7, 11) is 0. The minimum atomic E-state index is -0.412. The van der Waals surface area contributed by atoms with E-state index in [2.05, 4.69) is 26.1 Å². The van der Waals surface area contributed by atoms with Crippen LogP contribution in [0.1, 0.15) is 50.2 Å². The number of aromatic nitrogens is 2. The van der Waals surface area contributed by atoms with Crippen molar-refractivity contribution in [3.05, 3.63) is 77.7 Å². The zero-order chi connectivity index (χ0) is 23.3. The Hall–Kier alpha value is -3.48. The third kappa shape index (κ3) is 5.60. The van der Waals surface area contributed by atoms with Gasteiger partial charge in [-0.1, -0.05) is 45.9 Å². The zero-order valence-electron chi connectivity index (χ0n) is 18.9. The normalized spacial score (nSPS) is 11.3. The van der Waals surface area contributed by atoms with Crippen LogP contribution < -0.4 is 5.32 Å². The molecule has 0 bridgehead atoms. The molecular formula is C25H29FN4O2. The fourth-order valence-electron chi connectivity index (χ4n) is 3.26. The molecule has 0 saturated heterocycles. The molecule has 3 rings (SSSR count). The first-order valence-electron chi connectivity index (χ1n) is 10.7. The Labute approximate surface area is 188 Å². The Morgan fingerprint density at radius 1 is 1.06 bits per heavy atom. The monoisotopic (exact) mass is 436 g/mol. The van der Waals surface area contributed by atoms with E-state index in [1.54, 1.807) is 4.68 Å². The molecule has 0 atom stereocenters. The van der Waals surface area contributed by atoms with Gasteiger partial charge in [-0.05, 0) is 42.8 Å². The van der Waals surface area contributed by atoms with Crippen molar-refractivity contribution in [3.8, 4) is 5.69 Å². The highest BCUT2D eigenvalue weighted by atomic mass is 19.1. The molecule has 0 spiro atoms. The second-order valence-electron chi connectivity index (χ2n) is 8.69. The second kappa shape index (κ2) is 9.77. The van der Waals surface area contributed by atoms with Gasteiger partial charge in [-0.25, -0.2) is 9.07 Å². The lowest BCUT2D eigenvalue weighted by Gasteiger charge is -2.22. The van der Waals surface area contributed by atoms with Crippen LogP contribution in [0.25, 0.3) is 5.69 Å². The number of nitrogens with one attached hydrogen (secondary N) is 1. The van der Waals surface area contributed by atoms with Crippen molar-refractivity contribution in [1.82, 2.24) is 14.7 Å². The smallest absolute Gasteiger partial charge is 0.254 e. The summed E-state index contributed by atoms with van der Waals surface area (Å²) in [5, 5.41) is 7.61. The van der Waals surface area contributed by atoms with Crippen molar-refractivity contribution in [1.29, 1.82) is 0 Å². The quantitative estimate of drug-likeness (QED) is 0.579. The molecule has 2 aromatic carbocycles. The van der Waals surface area contributed by atoms with Crippen LogP contribution in [0.2, 0.25) is 0 Å². The number of carbonyl (C=O) groups excluding carboxylic acids is 2. The highest BCUT2D eigenvalue weighted by Gasteiger charge is 2.23. The van der Waals surface area contributed by atoms with Crippen LogP contribution in [0, 0.1) is 5.82 Å². The predicted molar refractivity (Wildman–Crippen MR) is 123 cm³/mol. The van der Waals surface area contributed by atoms with Gasteiger partial charge in [0.25, 0.3) is 5.91 Å². The van der Waals surface area contributed by atoms with Crippen LogP contribution in [0.5, 0.6) is 0 Å². The van der Waals surface area contributed by atoms with E-state index >= 15 is 0 Å². The number of hydrogen-bond donors (Lipinski definition) is 1. The number of benzene rings is 2. The minimum Gasteiger partial charge on any atom is -0.329 e. The number of para-hydroxylation sites is 1. The maximum atomic E-state index is 13.2. The molecule has 0 unspecified atom stereocenters. The number of rotatable bonds is 7. The van der Waals surface area contributed by atoms with Crippen molar-refractivity contribution >= 4 is 17.6 Å². The number of carbonyl (C=O) groups is 2. The maximum Gasteiger partial charge on any atom is 0.254 e. The van der Waals surface area contributed by atoms with Gasteiger partial charge in [-0.15, -0.1) is 0 Å². The average molecular weight is 437 g/mol. The predicted octanol–water partition coefficient (Wildman–Crippen LogP) is 4.80. The Bertz CT molecular complexity index is 1070. The zero-order valence-corrected chi connectivity index (χ0v) is 18.9. The van der Waals surface area contributed by atoms with E-state index in [9.17, 15) is 14.0 Å². The average Bonchev–Trinajstić information content (AvgIpc) is 3.18. The molecule has 0 aliphatic heterocycles. The van der Waals surface area contributed by atoms with Gasteiger partial charge in [0.15, 0.2) is 0 Å². The molecule has 0 aliphatic carbocycles. The molecule has 0 saturated carbocycles. The van der Waals surface area contributed by atoms with Crippen LogP contribution >= 0.6 is 0 Å². The summed E-state index contributed by atoms with van der Waals surface area (Å²) in [4.78, 5) is 27.3. The maximum absolute atomic E-state index is 13.2. The van der Waals surface area contributed by atoms with E-state index < -0.39 is 5.82 Å². The summed E-state index contributed by atoms with van der Waals surface area (Å²) in [6.07, 6.45) is 0.691. The van der Waals surface area contributed by atoms with Crippen LogP contribution in [0.4, 0.5) is 10.2 Å². The Morgan fingerprint density at radius 2 is 1.72 bits per heavy atom. The first-order valence-corrected chi connectivity index (χ1v) is 10.7. The highest BCUT2D eigenvalue weighted by molar-refractivity contribution is 5.99. The van der Waals surface area contributed by atoms with E-state index in [4.69, 9.17) is 5.10 Å². The molecule has 2 amide bonds. The summed E-state index contributed by atoms with van der Waals surface area (Å²) in [5.74, 6) is -0.512.